The van der Waals surface area contributed by atoms with E-state index in [1.54, 1.807) is 14.1 Å². The van der Waals surface area contributed by atoms with Gasteiger partial charge in [-0.15, -0.1) is 11.3 Å². The molecule has 36 heavy (non-hydrogen) atoms. The molecule has 0 saturated heterocycles. The molecule has 12 heteroatoms. The molecule has 1 aliphatic heterocycles. The third-order valence-electron chi connectivity index (χ3n) is 5.80. The van der Waals surface area contributed by atoms with E-state index in [1.165, 1.54) is 40.5 Å². The normalized spacial score (nSPS) is 13.5. The standard InChI is InChI=1S/C24H28N6O4S2/c1-28(2)24(32)21-19-10-15-29(3)16-20(19)35-23(21)27-22(31)17-6-8-18(9-7-17)36(33,34)30(13-4-11-25)14-5-12-26/h6-9H,4-5,10,13-16H2,1-3H3,(H,27,31). The van der Waals surface area contributed by atoms with Gasteiger partial charge in [0, 0.05) is 63.6 Å². The van der Waals surface area contributed by atoms with Gasteiger partial charge in [-0.2, -0.15) is 14.8 Å². The third kappa shape index (κ3) is 5.91. The summed E-state index contributed by atoms with van der Waals surface area (Å²) < 4.78 is 27.1. The first kappa shape index (κ1) is 27.3. The first-order valence-electron chi connectivity index (χ1n) is 11.3. The van der Waals surface area contributed by atoms with Crippen LogP contribution in [-0.4, -0.2) is 75.1 Å². The monoisotopic (exact) mass is 528 g/mol. The van der Waals surface area contributed by atoms with Crippen LogP contribution >= 0.6 is 11.3 Å². The fourth-order valence-electron chi connectivity index (χ4n) is 3.87. The number of sulfonamides is 1. The first-order valence-corrected chi connectivity index (χ1v) is 13.6. The number of hydrogen-bond donors (Lipinski definition) is 1. The van der Waals surface area contributed by atoms with E-state index in [1.807, 2.05) is 19.2 Å². The molecule has 1 aromatic carbocycles. The van der Waals surface area contributed by atoms with Crippen molar-refractivity contribution in [1.29, 1.82) is 10.5 Å². The van der Waals surface area contributed by atoms with Gasteiger partial charge in [-0.3, -0.25) is 9.59 Å². The molecule has 1 N–H and O–H groups in total. The molecule has 0 radical (unpaired) electrons. The number of fused-ring (bicyclic) bond motifs is 1. The van der Waals surface area contributed by atoms with Crippen LogP contribution in [0.5, 0.6) is 0 Å². The summed E-state index contributed by atoms with van der Waals surface area (Å²) >= 11 is 1.38. The van der Waals surface area contributed by atoms with E-state index in [4.69, 9.17) is 10.5 Å². The van der Waals surface area contributed by atoms with Crippen LogP contribution in [0.25, 0.3) is 0 Å². The second kappa shape index (κ2) is 11.6. The van der Waals surface area contributed by atoms with Gasteiger partial charge < -0.3 is 15.1 Å². The van der Waals surface area contributed by atoms with Crippen molar-refractivity contribution in [1.82, 2.24) is 14.1 Å². The topological polar surface area (TPSA) is 138 Å². The number of carbonyl (C=O) groups excluding carboxylic acids is 2. The minimum Gasteiger partial charge on any atom is -0.345 e. The molecule has 2 amide bonds. The smallest absolute Gasteiger partial charge is 0.256 e. The third-order valence-corrected chi connectivity index (χ3v) is 8.84. The number of nitrogens with zero attached hydrogens (tertiary/aromatic N) is 5. The number of likely N-dealkylation sites (N-methyl/N-ethyl adjacent to an activating group) is 1. The molecule has 0 spiro atoms. The molecular weight excluding hydrogens is 500 g/mol. The lowest BCUT2D eigenvalue weighted by Gasteiger charge is -2.23. The molecular formula is C24H28N6O4S2. The maximum Gasteiger partial charge on any atom is 0.256 e. The summed E-state index contributed by atoms with van der Waals surface area (Å²) in [7, 11) is 1.41. The average molecular weight is 529 g/mol. The van der Waals surface area contributed by atoms with Gasteiger partial charge in [-0.05, 0) is 43.3 Å². The Kier molecular flexibility index (Phi) is 8.82. The van der Waals surface area contributed by atoms with Crippen LogP contribution < -0.4 is 5.32 Å². The van der Waals surface area contributed by atoms with Crippen molar-refractivity contribution in [3.63, 3.8) is 0 Å². The molecule has 10 nitrogen and oxygen atoms in total. The van der Waals surface area contributed by atoms with Crippen LogP contribution in [0.15, 0.2) is 29.2 Å². The summed E-state index contributed by atoms with van der Waals surface area (Å²) in [6, 6.07) is 9.30. The number of amides is 2. The molecule has 1 aliphatic rings. The Morgan fingerprint density at radius 3 is 2.28 bits per heavy atom. The minimum absolute atomic E-state index is 0.000266. The predicted molar refractivity (Wildman–Crippen MR) is 136 cm³/mol. The maximum atomic E-state index is 13.0. The highest BCUT2D eigenvalue weighted by Crippen LogP contribution is 2.37. The van der Waals surface area contributed by atoms with E-state index in [0.29, 0.717) is 23.5 Å². The van der Waals surface area contributed by atoms with E-state index in [0.717, 1.165) is 21.3 Å². The van der Waals surface area contributed by atoms with E-state index in [-0.39, 0.29) is 42.3 Å². The Morgan fingerprint density at radius 2 is 1.72 bits per heavy atom. The van der Waals surface area contributed by atoms with Crippen LogP contribution in [0.1, 0.15) is 44.0 Å². The Balaban J connectivity index is 1.85. The van der Waals surface area contributed by atoms with Gasteiger partial charge in [0.1, 0.15) is 5.00 Å². The predicted octanol–water partition coefficient (Wildman–Crippen LogP) is 2.51. The summed E-state index contributed by atoms with van der Waals surface area (Å²) in [6.07, 6.45) is 0.716. The number of rotatable bonds is 9. The average Bonchev–Trinajstić information content (AvgIpc) is 3.19. The van der Waals surface area contributed by atoms with Gasteiger partial charge in [0.15, 0.2) is 0 Å². The van der Waals surface area contributed by atoms with Crippen molar-refractivity contribution < 1.29 is 18.0 Å². The molecule has 0 fully saturated rings. The Labute approximate surface area is 215 Å². The number of carbonyl (C=O) groups is 2. The molecule has 2 heterocycles. The number of thiophene rings is 1. The number of hydrogen-bond acceptors (Lipinski definition) is 8. The SMILES string of the molecule is CN1CCc2c(sc(NC(=O)c3ccc(S(=O)(=O)N(CCC#N)CCC#N)cc3)c2C(=O)N(C)C)C1. The van der Waals surface area contributed by atoms with Gasteiger partial charge in [0.05, 0.1) is 22.6 Å². The lowest BCUT2D eigenvalue weighted by Crippen LogP contribution is -2.32. The molecule has 0 aliphatic carbocycles. The second-order valence-electron chi connectivity index (χ2n) is 8.59. The summed E-state index contributed by atoms with van der Waals surface area (Å²) in [5.74, 6) is -0.631. The largest absolute Gasteiger partial charge is 0.345 e. The molecule has 2 aromatic rings. The van der Waals surface area contributed by atoms with Gasteiger partial charge in [0.2, 0.25) is 10.0 Å². The minimum atomic E-state index is -3.94. The van der Waals surface area contributed by atoms with Gasteiger partial charge in [0.25, 0.3) is 11.8 Å². The van der Waals surface area contributed by atoms with Crippen LogP contribution in [0, 0.1) is 22.7 Å². The quantitative estimate of drug-likeness (QED) is 0.528. The lowest BCUT2D eigenvalue weighted by atomic mass is 10.0. The zero-order valence-corrected chi connectivity index (χ0v) is 22.1. The molecule has 3 rings (SSSR count). The molecule has 190 valence electrons. The number of benzene rings is 1. The van der Waals surface area contributed by atoms with Gasteiger partial charge in [-0.25, -0.2) is 8.42 Å². The fourth-order valence-corrected chi connectivity index (χ4v) is 6.63. The van der Waals surface area contributed by atoms with E-state index >= 15 is 0 Å². The van der Waals surface area contributed by atoms with Crippen molar-refractivity contribution in [3.05, 3.63) is 45.8 Å². The van der Waals surface area contributed by atoms with Crippen molar-refractivity contribution in [2.45, 2.75) is 30.7 Å². The first-order chi connectivity index (χ1) is 17.1. The zero-order valence-electron chi connectivity index (χ0n) is 20.4. The maximum absolute atomic E-state index is 13.0. The van der Waals surface area contributed by atoms with Gasteiger partial charge in [-0.1, -0.05) is 0 Å². The Hall–Kier alpha value is -3.29. The highest BCUT2D eigenvalue weighted by Gasteiger charge is 2.29. The van der Waals surface area contributed by atoms with Crippen LogP contribution in [0.4, 0.5) is 5.00 Å². The Bertz CT molecular complexity index is 1300. The Morgan fingerprint density at radius 1 is 1.11 bits per heavy atom. The summed E-state index contributed by atoms with van der Waals surface area (Å²) in [5, 5.41) is 21.0. The van der Waals surface area contributed by atoms with Crippen molar-refractivity contribution in [3.8, 4) is 12.1 Å². The van der Waals surface area contributed by atoms with Crippen LogP contribution in [0.3, 0.4) is 0 Å². The van der Waals surface area contributed by atoms with Crippen molar-refractivity contribution >= 4 is 38.2 Å². The zero-order chi connectivity index (χ0) is 26.5. The molecule has 0 saturated carbocycles. The fraction of sp³-hybridized carbons (Fsp3) is 0.417. The number of nitriles is 2. The molecule has 0 atom stereocenters. The van der Waals surface area contributed by atoms with Crippen molar-refractivity contribution in [2.75, 3.05) is 46.1 Å². The van der Waals surface area contributed by atoms with Crippen molar-refractivity contribution in [2.24, 2.45) is 0 Å². The van der Waals surface area contributed by atoms with E-state index in [2.05, 4.69) is 10.2 Å². The van der Waals surface area contributed by atoms with E-state index < -0.39 is 15.9 Å². The molecule has 0 unspecified atom stereocenters. The second-order valence-corrected chi connectivity index (χ2v) is 11.6. The molecule has 1 aromatic heterocycles. The summed E-state index contributed by atoms with van der Waals surface area (Å²) in [6.45, 7) is 1.47. The van der Waals surface area contributed by atoms with Gasteiger partial charge >= 0.3 is 0 Å². The highest BCUT2D eigenvalue weighted by molar-refractivity contribution is 7.89. The van der Waals surface area contributed by atoms with E-state index in [9.17, 15) is 18.0 Å². The highest BCUT2D eigenvalue weighted by atomic mass is 32.2. The molecule has 0 bridgehead atoms. The van der Waals surface area contributed by atoms with Crippen LogP contribution in [0.2, 0.25) is 0 Å². The van der Waals surface area contributed by atoms with Crippen LogP contribution in [-0.2, 0) is 23.0 Å². The lowest BCUT2D eigenvalue weighted by molar-refractivity contribution is 0.0827. The summed E-state index contributed by atoms with van der Waals surface area (Å²) in [5.41, 5.74) is 1.70. The number of anilines is 1. The summed E-state index contributed by atoms with van der Waals surface area (Å²) in [4.78, 5) is 30.6. The number of nitrogens with one attached hydrogen (secondary N) is 1.